The van der Waals surface area contributed by atoms with E-state index >= 15 is 0 Å². The van der Waals surface area contributed by atoms with Crippen molar-refractivity contribution in [2.75, 3.05) is 0 Å². The van der Waals surface area contributed by atoms with Crippen LogP contribution in [-0.4, -0.2) is 5.11 Å². The van der Waals surface area contributed by atoms with Crippen molar-refractivity contribution in [1.82, 2.24) is 0 Å². The van der Waals surface area contributed by atoms with Gasteiger partial charge in [0.25, 0.3) is 0 Å². The van der Waals surface area contributed by atoms with Gasteiger partial charge in [0.15, 0.2) is 0 Å². The molecule has 0 spiro atoms. The highest BCUT2D eigenvalue weighted by molar-refractivity contribution is 6.31. The Bertz CT molecular complexity index is 539. The van der Waals surface area contributed by atoms with Gasteiger partial charge in [-0.25, -0.2) is 4.39 Å². The molecule has 3 heteroatoms. The van der Waals surface area contributed by atoms with E-state index in [-0.39, 0.29) is 0 Å². The summed E-state index contributed by atoms with van der Waals surface area (Å²) in [5, 5.41) is 10.5. The van der Waals surface area contributed by atoms with Gasteiger partial charge in [0.05, 0.1) is 0 Å². The Labute approximate surface area is 104 Å². The van der Waals surface area contributed by atoms with Crippen LogP contribution in [0.3, 0.4) is 0 Å². The average Bonchev–Trinajstić information content (AvgIpc) is 2.31. The third kappa shape index (κ3) is 2.65. The first kappa shape index (κ1) is 12.1. The maximum Gasteiger partial charge on any atom is 0.123 e. The van der Waals surface area contributed by atoms with Crippen molar-refractivity contribution in [3.05, 3.63) is 70.0 Å². The van der Waals surface area contributed by atoms with E-state index < -0.39 is 11.9 Å². The minimum absolute atomic E-state index is 0.361. The first-order chi connectivity index (χ1) is 8.08. The van der Waals surface area contributed by atoms with Crippen LogP contribution in [-0.2, 0) is 0 Å². The van der Waals surface area contributed by atoms with Crippen LogP contribution in [0.2, 0.25) is 5.02 Å². The first-order valence-corrected chi connectivity index (χ1v) is 5.65. The van der Waals surface area contributed by atoms with Gasteiger partial charge in [-0.1, -0.05) is 41.4 Å². The maximum absolute atomic E-state index is 13.1. The second-order valence-electron chi connectivity index (χ2n) is 3.98. The number of hydrogen-bond acceptors (Lipinski definition) is 1. The maximum atomic E-state index is 13.1. The monoisotopic (exact) mass is 250 g/mol. The molecule has 0 saturated carbocycles. The summed E-state index contributed by atoms with van der Waals surface area (Å²) in [4.78, 5) is 0. The number of benzene rings is 2. The number of aryl methyl sites for hydroxylation is 1. The Balaban J connectivity index is 2.43. The molecule has 2 rings (SSSR count). The summed E-state index contributed by atoms with van der Waals surface area (Å²) in [6.07, 6.45) is -0.905. The fraction of sp³-hybridized carbons (Fsp3) is 0.143. The van der Waals surface area contributed by atoms with Crippen LogP contribution in [0.4, 0.5) is 4.39 Å². The molecule has 1 N–H and O–H groups in total. The molecule has 0 aliphatic rings. The summed E-state index contributed by atoms with van der Waals surface area (Å²) in [5.41, 5.74) is 2.13. The highest BCUT2D eigenvalue weighted by Gasteiger charge is 2.14. The lowest BCUT2D eigenvalue weighted by molar-refractivity contribution is 0.220. The molecule has 0 fully saturated rings. The van der Waals surface area contributed by atoms with E-state index in [4.69, 9.17) is 11.6 Å². The van der Waals surface area contributed by atoms with Crippen LogP contribution >= 0.6 is 11.6 Å². The van der Waals surface area contributed by atoms with Crippen LogP contribution in [0.1, 0.15) is 22.8 Å². The Hall–Kier alpha value is -1.38. The molecule has 1 nitrogen and oxygen atoms in total. The molecule has 0 aliphatic heterocycles. The van der Waals surface area contributed by atoms with Crippen molar-refractivity contribution >= 4 is 11.6 Å². The van der Waals surface area contributed by atoms with Gasteiger partial charge in [-0.05, 0) is 30.7 Å². The van der Waals surface area contributed by atoms with E-state index in [0.29, 0.717) is 16.1 Å². The first-order valence-electron chi connectivity index (χ1n) is 5.27. The number of halogens is 2. The van der Waals surface area contributed by atoms with Gasteiger partial charge in [0.2, 0.25) is 0 Å². The van der Waals surface area contributed by atoms with Gasteiger partial charge in [0, 0.05) is 10.6 Å². The van der Waals surface area contributed by atoms with Gasteiger partial charge < -0.3 is 5.11 Å². The third-order valence-corrected chi connectivity index (χ3v) is 2.95. The quantitative estimate of drug-likeness (QED) is 0.858. The summed E-state index contributed by atoms with van der Waals surface area (Å²) in [5.74, 6) is -0.406. The summed E-state index contributed by atoms with van der Waals surface area (Å²) in [6, 6.07) is 11.4. The summed E-state index contributed by atoms with van der Waals surface area (Å²) < 4.78 is 13.1. The molecule has 0 radical (unpaired) electrons. The van der Waals surface area contributed by atoms with E-state index in [1.165, 1.54) is 18.2 Å². The van der Waals surface area contributed by atoms with Crippen molar-refractivity contribution in [2.45, 2.75) is 13.0 Å². The third-order valence-electron chi connectivity index (χ3n) is 2.61. The highest BCUT2D eigenvalue weighted by atomic mass is 35.5. The van der Waals surface area contributed by atoms with E-state index in [9.17, 15) is 9.50 Å². The Morgan fingerprint density at radius 3 is 2.65 bits per heavy atom. The van der Waals surface area contributed by atoms with Crippen molar-refractivity contribution in [3.8, 4) is 0 Å². The standard InChI is InChI=1S/C14H12ClFO/c1-9-3-2-4-10(7-9)14(17)12-8-11(16)5-6-13(12)15/h2-8,14,17H,1H3. The fourth-order valence-electron chi connectivity index (χ4n) is 1.74. The molecule has 0 heterocycles. The van der Waals surface area contributed by atoms with Gasteiger partial charge >= 0.3 is 0 Å². The van der Waals surface area contributed by atoms with Crippen LogP contribution in [0, 0.1) is 12.7 Å². The van der Waals surface area contributed by atoms with Crippen molar-refractivity contribution in [3.63, 3.8) is 0 Å². The lowest BCUT2D eigenvalue weighted by Gasteiger charge is -2.13. The normalized spacial score (nSPS) is 12.5. The van der Waals surface area contributed by atoms with Gasteiger partial charge in [0.1, 0.15) is 11.9 Å². The molecule has 0 saturated heterocycles. The lowest BCUT2D eigenvalue weighted by atomic mass is 10.00. The van der Waals surface area contributed by atoms with Crippen LogP contribution in [0.25, 0.3) is 0 Å². The predicted molar refractivity (Wildman–Crippen MR) is 66.7 cm³/mol. The molecule has 17 heavy (non-hydrogen) atoms. The number of aliphatic hydroxyl groups is 1. The second-order valence-corrected chi connectivity index (χ2v) is 4.39. The molecular weight excluding hydrogens is 239 g/mol. The van der Waals surface area contributed by atoms with Crippen molar-refractivity contribution in [2.24, 2.45) is 0 Å². The lowest BCUT2D eigenvalue weighted by Crippen LogP contribution is -2.01. The second kappa shape index (κ2) is 4.86. The van der Waals surface area contributed by atoms with Crippen LogP contribution < -0.4 is 0 Å². The zero-order chi connectivity index (χ0) is 12.4. The van der Waals surface area contributed by atoms with Gasteiger partial charge in [-0.3, -0.25) is 0 Å². The summed E-state index contributed by atoms with van der Waals surface area (Å²) >= 11 is 5.95. The fourth-order valence-corrected chi connectivity index (χ4v) is 1.96. The largest absolute Gasteiger partial charge is 0.384 e. The predicted octanol–water partition coefficient (Wildman–Crippen LogP) is 3.87. The molecule has 1 atom stereocenters. The molecule has 0 aromatic heterocycles. The van der Waals surface area contributed by atoms with Crippen molar-refractivity contribution in [1.29, 1.82) is 0 Å². The van der Waals surface area contributed by atoms with Crippen LogP contribution in [0.15, 0.2) is 42.5 Å². The molecular formula is C14H12ClFO. The minimum atomic E-state index is -0.905. The molecule has 2 aromatic carbocycles. The highest BCUT2D eigenvalue weighted by Crippen LogP contribution is 2.29. The molecule has 0 aliphatic carbocycles. The molecule has 2 aromatic rings. The van der Waals surface area contributed by atoms with E-state index in [2.05, 4.69) is 0 Å². The number of rotatable bonds is 2. The van der Waals surface area contributed by atoms with E-state index in [1.807, 2.05) is 25.1 Å². The van der Waals surface area contributed by atoms with Crippen molar-refractivity contribution < 1.29 is 9.50 Å². The summed E-state index contributed by atoms with van der Waals surface area (Å²) in [7, 11) is 0. The van der Waals surface area contributed by atoms with E-state index in [1.54, 1.807) is 6.07 Å². The van der Waals surface area contributed by atoms with E-state index in [0.717, 1.165) is 5.56 Å². The van der Waals surface area contributed by atoms with Gasteiger partial charge in [-0.15, -0.1) is 0 Å². The molecule has 0 amide bonds. The minimum Gasteiger partial charge on any atom is -0.384 e. The smallest absolute Gasteiger partial charge is 0.123 e. The van der Waals surface area contributed by atoms with Gasteiger partial charge in [-0.2, -0.15) is 0 Å². The zero-order valence-corrected chi connectivity index (χ0v) is 10.1. The SMILES string of the molecule is Cc1cccc(C(O)c2cc(F)ccc2Cl)c1. The Morgan fingerprint density at radius 1 is 1.18 bits per heavy atom. The topological polar surface area (TPSA) is 20.2 Å². The zero-order valence-electron chi connectivity index (χ0n) is 9.32. The number of aliphatic hydroxyl groups excluding tert-OH is 1. The molecule has 88 valence electrons. The summed E-state index contributed by atoms with van der Waals surface area (Å²) in [6.45, 7) is 1.93. The Morgan fingerprint density at radius 2 is 1.94 bits per heavy atom. The number of hydrogen-bond donors (Lipinski definition) is 1. The molecule has 0 bridgehead atoms. The van der Waals surface area contributed by atoms with Crippen LogP contribution in [0.5, 0.6) is 0 Å². The molecule has 1 unspecified atom stereocenters. The average molecular weight is 251 g/mol. The Kier molecular flexibility index (Phi) is 3.46.